The summed E-state index contributed by atoms with van der Waals surface area (Å²) < 4.78 is 28.5. The van der Waals surface area contributed by atoms with Gasteiger partial charge >= 0.3 is 0 Å². The topological polar surface area (TPSA) is 93.7 Å². The van der Waals surface area contributed by atoms with Gasteiger partial charge in [-0.2, -0.15) is 0 Å². The Morgan fingerprint density at radius 2 is 1.62 bits per heavy atom. The molecular formula is C16H18N2O5S. The molecule has 8 heteroatoms. The first-order valence-corrected chi connectivity index (χ1v) is 8.50. The highest BCUT2D eigenvalue weighted by Crippen LogP contribution is 2.12. The predicted octanol–water partition coefficient (Wildman–Crippen LogP) is 1.46. The molecule has 1 amide bonds. The van der Waals surface area contributed by atoms with E-state index in [0.717, 1.165) is 11.3 Å². The Labute approximate surface area is 140 Å². The molecule has 7 nitrogen and oxygen atoms in total. The molecule has 0 saturated heterocycles. The van der Waals surface area contributed by atoms with Crippen molar-refractivity contribution < 1.29 is 22.8 Å². The van der Waals surface area contributed by atoms with E-state index in [2.05, 4.69) is 10.2 Å². The van der Waals surface area contributed by atoms with Gasteiger partial charge in [0.25, 0.3) is 15.9 Å². The number of ether oxygens (including phenoxy) is 1. The van der Waals surface area contributed by atoms with Crippen molar-refractivity contribution in [2.45, 2.75) is 11.4 Å². The zero-order chi connectivity index (χ0) is 17.6. The van der Waals surface area contributed by atoms with E-state index in [9.17, 15) is 13.2 Å². The van der Waals surface area contributed by atoms with Crippen molar-refractivity contribution in [2.24, 2.45) is 0 Å². The van der Waals surface area contributed by atoms with Gasteiger partial charge in [-0.1, -0.05) is 17.0 Å². The lowest BCUT2D eigenvalue weighted by atomic mass is 10.2. The largest absolute Gasteiger partial charge is 0.497 e. The van der Waals surface area contributed by atoms with Crippen molar-refractivity contribution in [1.29, 1.82) is 0 Å². The van der Waals surface area contributed by atoms with Crippen molar-refractivity contribution >= 4 is 15.9 Å². The quantitative estimate of drug-likeness (QED) is 0.738. The number of hydrogen-bond acceptors (Lipinski definition) is 5. The third-order valence-electron chi connectivity index (χ3n) is 3.23. The average Bonchev–Trinajstić information content (AvgIpc) is 2.60. The standard InChI is InChI=1S/C16H18N2O5S/c1-22-14-7-3-12(4-8-14)11-17-16(19)13-5-9-15(10-6-13)24(20,21)18-23-2/h3-10,18H,11H2,1-2H3,(H,17,19). The van der Waals surface area contributed by atoms with Gasteiger partial charge in [-0.05, 0) is 42.0 Å². The van der Waals surface area contributed by atoms with Crippen LogP contribution in [-0.4, -0.2) is 28.5 Å². The minimum Gasteiger partial charge on any atom is -0.497 e. The van der Waals surface area contributed by atoms with Crippen molar-refractivity contribution in [2.75, 3.05) is 14.2 Å². The fourth-order valence-electron chi connectivity index (χ4n) is 1.97. The van der Waals surface area contributed by atoms with Crippen LogP contribution in [-0.2, 0) is 21.4 Å². The minimum atomic E-state index is -3.73. The maximum Gasteiger partial charge on any atom is 0.262 e. The average molecular weight is 350 g/mol. The summed E-state index contributed by atoms with van der Waals surface area (Å²) in [5.41, 5.74) is 1.28. The fourth-order valence-corrected chi connectivity index (χ4v) is 2.78. The maximum atomic E-state index is 12.1. The normalized spacial score (nSPS) is 11.1. The van der Waals surface area contributed by atoms with E-state index in [1.807, 2.05) is 29.2 Å². The lowest BCUT2D eigenvalue weighted by Gasteiger charge is -2.08. The van der Waals surface area contributed by atoms with Crippen molar-refractivity contribution in [1.82, 2.24) is 10.2 Å². The van der Waals surface area contributed by atoms with Crippen LogP contribution >= 0.6 is 0 Å². The zero-order valence-electron chi connectivity index (χ0n) is 13.3. The van der Waals surface area contributed by atoms with Crippen molar-refractivity contribution in [3.05, 3.63) is 59.7 Å². The second kappa shape index (κ2) is 7.91. The Morgan fingerprint density at radius 3 is 2.17 bits per heavy atom. The number of rotatable bonds is 7. The molecule has 2 rings (SSSR count). The first kappa shape index (κ1) is 17.9. The Bertz CT molecular complexity index is 786. The van der Waals surface area contributed by atoms with E-state index >= 15 is 0 Å². The van der Waals surface area contributed by atoms with Gasteiger partial charge in [0.05, 0.1) is 19.1 Å². The van der Waals surface area contributed by atoms with Crippen molar-refractivity contribution in [3.8, 4) is 5.75 Å². The van der Waals surface area contributed by atoms with E-state index < -0.39 is 10.0 Å². The Balaban J connectivity index is 1.99. The molecule has 0 unspecified atom stereocenters. The van der Waals surface area contributed by atoms with Gasteiger partial charge in [-0.25, -0.2) is 8.42 Å². The van der Waals surface area contributed by atoms with Crippen LogP contribution in [0, 0.1) is 0 Å². The van der Waals surface area contributed by atoms with Crippen LogP contribution in [0.15, 0.2) is 53.4 Å². The summed E-state index contributed by atoms with van der Waals surface area (Å²) in [6, 6.07) is 12.9. The van der Waals surface area contributed by atoms with Gasteiger partial charge in [0.15, 0.2) is 0 Å². The number of sulfonamides is 1. The first-order chi connectivity index (χ1) is 11.5. The molecular weight excluding hydrogens is 332 g/mol. The number of carbonyl (C=O) groups is 1. The van der Waals surface area contributed by atoms with Crippen LogP contribution in [0.2, 0.25) is 0 Å². The van der Waals surface area contributed by atoms with E-state index in [1.165, 1.54) is 31.4 Å². The van der Waals surface area contributed by atoms with Gasteiger partial charge in [0.1, 0.15) is 5.75 Å². The van der Waals surface area contributed by atoms with Gasteiger partial charge in [0.2, 0.25) is 0 Å². The maximum absolute atomic E-state index is 12.1. The molecule has 0 aromatic heterocycles. The number of benzene rings is 2. The van der Waals surface area contributed by atoms with Crippen LogP contribution in [0.3, 0.4) is 0 Å². The molecule has 0 radical (unpaired) electrons. The van der Waals surface area contributed by atoms with E-state index in [-0.39, 0.29) is 10.8 Å². The van der Waals surface area contributed by atoms with E-state index in [0.29, 0.717) is 12.1 Å². The third kappa shape index (κ3) is 4.54. The Kier molecular flexibility index (Phi) is 5.91. The van der Waals surface area contributed by atoms with Gasteiger partial charge in [0, 0.05) is 12.1 Å². The molecule has 2 aromatic carbocycles. The smallest absolute Gasteiger partial charge is 0.262 e. The van der Waals surface area contributed by atoms with Crippen LogP contribution in [0.1, 0.15) is 15.9 Å². The molecule has 0 aliphatic rings. The number of nitrogens with one attached hydrogen (secondary N) is 2. The second-order valence-electron chi connectivity index (χ2n) is 4.85. The van der Waals surface area contributed by atoms with Gasteiger partial charge in [-0.3, -0.25) is 9.63 Å². The summed E-state index contributed by atoms with van der Waals surface area (Å²) in [6.45, 7) is 0.355. The molecule has 0 fully saturated rings. The SMILES string of the molecule is CONS(=O)(=O)c1ccc(C(=O)NCc2ccc(OC)cc2)cc1. The minimum absolute atomic E-state index is 0.0102. The van der Waals surface area contributed by atoms with Gasteiger partial charge in [-0.15, -0.1) is 0 Å². The molecule has 0 spiro atoms. The molecule has 0 aliphatic heterocycles. The Hall–Kier alpha value is -2.42. The summed E-state index contributed by atoms with van der Waals surface area (Å²) in [5, 5.41) is 2.77. The first-order valence-electron chi connectivity index (χ1n) is 7.02. The highest BCUT2D eigenvalue weighted by molar-refractivity contribution is 7.89. The molecule has 0 bridgehead atoms. The predicted molar refractivity (Wildman–Crippen MR) is 87.9 cm³/mol. The summed E-state index contributed by atoms with van der Waals surface area (Å²) in [5.74, 6) is 0.445. The monoisotopic (exact) mass is 350 g/mol. The van der Waals surface area contributed by atoms with Crippen LogP contribution in [0.4, 0.5) is 0 Å². The fraction of sp³-hybridized carbons (Fsp3) is 0.188. The number of methoxy groups -OCH3 is 1. The molecule has 0 saturated carbocycles. The highest BCUT2D eigenvalue weighted by Gasteiger charge is 2.14. The third-order valence-corrected chi connectivity index (χ3v) is 4.51. The number of amides is 1. The van der Waals surface area contributed by atoms with E-state index in [1.54, 1.807) is 7.11 Å². The van der Waals surface area contributed by atoms with E-state index in [4.69, 9.17) is 4.74 Å². The molecule has 2 N–H and O–H groups in total. The lowest BCUT2D eigenvalue weighted by molar-refractivity contribution is 0.0951. The molecule has 0 atom stereocenters. The summed E-state index contributed by atoms with van der Waals surface area (Å²) >= 11 is 0. The molecule has 128 valence electrons. The molecule has 0 heterocycles. The number of hydrogen-bond donors (Lipinski definition) is 2. The van der Waals surface area contributed by atoms with Crippen molar-refractivity contribution in [3.63, 3.8) is 0 Å². The number of carbonyl (C=O) groups excluding carboxylic acids is 1. The summed E-state index contributed by atoms with van der Waals surface area (Å²) in [7, 11) is -0.938. The van der Waals surface area contributed by atoms with Gasteiger partial charge < -0.3 is 10.1 Å². The second-order valence-corrected chi connectivity index (χ2v) is 6.49. The lowest BCUT2D eigenvalue weighted by Crippen LogP contribution is -2.24. The molecule has 0 aliphatic carbocycles. The summed E-state index contributed by atoms with van der Waals surface area (Å²) in [6.07, 6.45) is 0. The molecule has 24 heavy (non-hydrogen) atoms. The summed E-state index contributed by atoms with van der Waals surface area (Å²) in [4.78, 5) is 18.4. The van der Waals surface area contributed by atoms with Crippen LogP contribution < -0.4 is 14.9 Å². The highest BCUT2D eigenvalue weighted by atomic mass is 32.2. The zero-order valence-corrected chi connectivity index (χ0v) is 14.1. The van der Waals surface area contributed by atoms with Crippen LogP contribution in [0.5, 0.6) is 5.75 Å². The van der Waals surface area contributed by atoms with Crippen LogP contribution in [0.25, 0.3) is 0 Å². The Morgan fingerprint density at radius 1 is 1.00 bits per heavy atom. The molecule has 2 aromatic rings.